The third-order valence-electron chi connectivity index (χ3n) is 4.44. The lowest BCUT2D eigenvalue weighted by atomic mass is 10.2. The van der Waals surface area contributed by atoms with Crippen LogP contribution in [0.25, 0.3) is 5.69 Å². The predicted molar refractivity (Wildman–Crippen MR) is 119 cm³/mol. The number of aromatic nitrogens is 3. The molecule has 0 saturated carbocycles. The van der Waals surface area contributed by atoms with Crippen LogP contribution in [0, 0.1) is 0 Å². The summed E-state index contributed by atoms with van der Waals surface area (Å²) in [7, 11) is 0. The summed E-state index contributed by atoms with van der Waals surface area (Å²) in [6, 6.07) is 17.1. The summed E-state index contributed by atoms with van der Waals surface area (Å²) in [4.78, 5) is 33.1. The lowest BCUT2D eigenvalue weighted by molar-refractivity contribution is 0.0734. The Morgan fingerprint density at radius 2 is 1.77 bits per heavy atom. The Balaban J connectivity index is 1.39. The average Bonchev–Trinajstić information content (AvgIpc) is 3.35. The van der Waals surface area contributed by atoms with Crippen LogP contribution in [-0.2, 0) is 0 Å². The number of carbonyl (C=O) groups is 2. The highest BCUT2D eigenvalue weighted by Crippen LogP contribution is 2.20. The minimum atomic E-state index is -0.481. The van der Waals surface area contributed by atoms with E-state index in [9.17, 15) is 9.59 Å². The van der Waals surface area contributed by atoms with Crippen molar-refractivity contribution >= 4 is 29.3 Å². The Morgan fingerprint density at radius 3 is 2.45 bits per heavy atom. The van der Waals surface area contributed by atoms with E-state index in [0.717, 1.165) is 5.69 Å². The van der Waals surface area contributed by atoms with Crippen molar-refractivity contribution in [2.45, 2.75) is 5.03 Å². The molecule has 4 rings (SSSR count). The van der Waals surface area contributed by atoms with Crippen molar-refractivity contribution in [3.05, 3.63) is 96.7 Å². The molecule has 2 heterocycles. The fourth-order valence-corrected chi connectivity index (χ4v) is 3.43. The van der Waals surface area contributed by atoms with E-state index in [4.69, 9.17) is 4.74 Å². The van der Waals surface area contributed by atoms with Gasteiger partial charge in [-0.3, -0.25) is 4.79 Å². The summed E-state index contributed by atoms with van der Waals surface area (Å²) in [6.07, 6.45) is 8.73. The van der Waals surface area contributed by atoms with E-state index in [2.05, 4.69) is 15.3 Å². The Kier molecular flexibility index (Phi) is 6.09. The number of hydrogen-bond donors (Lipinski definition) is 1. The second-order valence-electron chi connectivity index (χ2n) is 6.45. The number of ether oxygens (including phenoxy) is 1. The molecular weight excluding hydrogens is 412 g/mol. The van der Waals surface area contributed by atoms with Gasteiger partial charge in [-0.1, -0.05) is 0 Å². The van der Waals surface area contributed by atoms with E-state index in [1.54, 1.807) is 67.3 Å². The number of imidazole rings is 1. The molecule has 0 spiro atoms. The van der Waals surface area contributed by atoms with Gasteiger partial charge in [0.25, 0.3) is 5.91 Å². The van der Waals surface area contributed by atoms with Crippen LogP contribution in [0.5, 0.6) is 5.75 Å². The largest absolute Gasteiger partial charge is 0.423 e. The lowest BCUT2D eigenvalue weighted by Gasteiger charge is -2.09. The van der Waals surface area contributed by atoms with Gasteiger partial charge >= 0.3 is 5.97 Å². The summed E-state index contributed by atoms with van der Waals surface area (Å²) in [5, 5.41) is 3.47. The maximum atomic E-state index is 12.5. The van der Waals surface area contributed by atoms with Crippen molar-refractivity contribution in [1.29, 1.82) is 0 Å². The van der Waals surface area contributed by atoms with Crippen LogP contribution in [0.15, 0.2) is 90.6 Å². The predicted octanol–water partition coefficient (Wildman–Crippen LogP) is 4.46. The highest BCUT2D eigenvalue weighted by molar-refractivity contribution is 7.98. The number of rotatable bonds is 6. The van der Waals surface area contributed by atoms with Gasteiger partial charge in [-0.2, -0.15) is 0 Å². The summed E-state index contributed by atoms with van der Waals surface area (Å²) < 4.78 is 7.28. The van der Waals surface area contributed by atoms with E-state index >= 15 is 0 Å². The maximum Gasteiger partial charge on any atom is 0.343 e. The zero-order valence-electron chi connectivity index (χ0n) is 16.6. The van der Waals surface area contributed by atoms with Gasteiger partial charge in [0.05, 0.1) is 17.5 Å². The smallest absolute Gasteiger partial charge is 0.343 e. The van der Waals surface area contributed by atoms with Crippen LogP contribution in [0.4, 0.5) is 5.69 Å². The second-order valence-corrected chi connectivity index (χ2v) is 7.24. The van der Waals surface area contributed by atoms with Gasteiger partial charge in [-0.25, -0.2) is 14.8 Å². The Labute approximate surface area is 183 Å². The zero-order valence-corrected chi connectivity index (χ0v) is 17.4. The number of esters is 1. The SMILES string of the molecule is CSc1ncccc1C(=O)Nc1ccc(C(=O)Oc2ccc(-n3ccnc3)cc2)cc1. The van der Waals surface area contributed by atoms with Gasteiger partial charge < -0.3 is 14.6 Å². The molecule has 0 unspecified atom stereocenters. The summed E-state index contributed by atoms with van der Waals surface area (Å²) in [5.74, 6) is -0.302. The molecule has 2 aromatic carbocycles. The van der Waals surface area contributed by atoms with Crippen molar-refractivity contribution < 1.29 is 14.3 Å². The van der Waals surface area contributed by atoms with Gasteiger partial charge in [0.2, 0.25) is 0 Å². The Bertz CT molecular complexity index is 1190. The summed E-state index contributed by atoms with van der Waals surface area (Å²) in [5.41, 5.74) is 2.36. The molecule has 0 aliphatic carbocycles. The third kappa shape index (κ3) is 4.81. The summed E-state index contributed by atoms with van der Waals surface area (Å²) >= 11 is 1.40. The lowest BCUT2D eigenvalue weighted by Crippen LogP contribution is -2.14. The van der Waals surface area contributed by atoms with Crippen LogP contribution < -0.4 is 10.1 Å². The molecular formula is C23H18N4O3S. The van der Waals surface area contributed by atoms with Crippen molar-refractivity contribution in [2.75, 3.05) is 11.6 Å². The van der Waals surface area contributed by atoms with Gasteiger partial charge in [0.15, 0.2) is 0 Å². The number of pyridine rings is 1. The van der Waals surface area contributed by atoms with Crippen LogP contribution in [-0.4, -0.2) is 32.7 Å². The van der Waals surface area contributed by atoms with E-state index < -0.39 is 5.97 Å². The second kappa shape index (κ2) is 9.27. The molecule has 2 aromatic heterocycles. The number of carbonyl (C=O) groups excluding carboxylic acids is 2. The highest BCUT2D eigenvalue weighted by Gasteiger charge is 2.13. The normalized spacial score (nSPS) is 10.5. The highest BCUT2D eigenvalue weighted by atomic mass is 32.2. The molecule has 0 radical (unpaired) electrons. The molecule has 1 N–H and O–H groups in total. The van der Waals surface area contributed by atoms with Gasteiger partial charge in [0, 0.05) is 30.0 Å². The van der Waals surface area contributed by atoms with E-state index in [-0.39, 0.29) is 5.91 Å². The van der Waals surface area contributed by atoms with Crippen molar-refractivity contribution in [3.8, 4) is 11.4 Å². The number of anilines is 1. The maximum absolute atomic E-state index is 12.5. The van der Waals surface area contributed by atoms with E-state index in [1.165, 1.54) is 11.8 Å². The van der Waals surface area contributed by atoms with Crippen LogP contribution in [0.3, 0.4) is 0 Å². The minimum Gasteiger partial charge on any atom is -0.423 e. The monoisotopic (exact) mass is 430 g/mol. The molecule has 1 amide bonds. The molecule has 0 fully saturated rings. The molecule has 0 aliphatic heterocycles. The first-order valence-electron chi connectivity index (χ1n) is 9.35. The molecule has 0 atom stereocenters. The van der Waals surface area contributed by atoms with E-state index in [0.29, 0.717) is 27.6 Å². The van der Waals surface area contributed by atoms with Gasteiger partial charge in [-0.15, -0.1) is 11.8 Å². The van der Waals surface area contributed by atoms with Crippen LogP contribution in [0.1, 0.15) is 20.7 Å². The van der Waals surface area contributed by atoms with Crippen LogP contribution >= 0.6 is 11.8 Å². The molecule has 7 nitrogen and oxygen atoms in total. The Morgan fingerprint density at radius 1 is 1.00 bits per heavy atom. The Hall–Kier alpha value is -3.91. The fourth-order valence-electron chi connectivity index (χ4n) is 2.88. The summed E-state index contributed by atoms with van der Waals surface area (Å²) in [6.45, 7) is 0. The number of amides is 1. The average molecular weight is 430 g/mol. The molecule has 0 aliphatic rings. The molecule has 8 heteroatoms. The third-order valence-corrected chi connectivity index (χ3v) is 5.15. The van der Waals surface area contributed by atoms with Gasteiger partial charge in [0.1, 0.15) is 10.8 Å². The topological polar surface area (TPSA) is 86.1 Å². The first-order chi connectivity index (χ1) is 15.1. The van der Waals surface area contributed by atoms with Crippen molar-refractivity contribution in [1.82, 2.24) is 14.5 Å². The zero-order chi connectivity index (χ0) is 21.6. The van der Waals surface area contributed by atoms with Gasteiger partial charge in [-0.05, 0) is 66.9 Å². The fraction of sp³-hybridized carbons (Fsp3) is 0.0435. The molecule has 0 bridgehead atoms. The minimum absolute atomic E-state index is 0.259. The quantitative estimate of drug-likeness (QED) is 0.276. The van der Waals surface area contributed by atoms with E-state index in [1.807, 2.05) is 29.2 Å². The first-order valence-corrected chi connectivity index (χ1v) is 10.6. The first kappa shape index (κ1) is 20.4. The molecule has 154 valence electrons. The van der Waals surface area contributed by atoms with Crippen LogP contribution in [0.2, 0.25) is 0 Å². The number of nitrogens with zero attached hydrogens (tertiary/aromatic N) is 3. The number of hydrogen-bond acceptors (Lipinski definition) is 6. The molecule has 4 aromatic rings. The van der Waals surface area contributed by atoms with Crippen molar-refractivity contribution in [3.63, 3.8) is 0 Å². The number of thioether (sulfide) groups is 1. The van der Waals surface area contributed by atoms with Crippen molar-refractivity contribution in [2.24, 2.45) is 0 Å². The number of benzene rings is 2. The number of nitrogens with one attached hydrogen (secondary N) is 1. The molecule has 0 saturated heterocycles. The standard InChI is InChI=1S/C23H18N4O3S/c1-31-22-20(3-2-12-25-22)21(28)26-17-6-4-16(5-7-17)23(29)30-19-10-8-18(9-11-19)27-14-13-24-15-27/h2-15H,1H3,(H,26,28). The molecule has 31 heavy (non-hydrogen) atoms.